The van der Waals surface area contributed by atoms with E-state index in [9.17, 15) is 15.2 Å². The van der Waals surface area contributed by atoms with Gasteiger partial charge in [-0.1, -0.05) is 0 Å². The number of nitro groups is 1. The van der Waals surface area contributed by atoms with E-state index < -0.39 is 11.0 Å². The van der Waals surface area contributed by atoms with Crippen LogP contribution in [-0.2, 0) is 0 Å². The maximum atomic E-state index is 10.4. The van der Waals surface area contributed by atoms with Crippen LogP contribution in [-0.4, -0.2) is 36.3 Å². The van der Waals surface area contributed by atoms with Gasteiger partial charge in [0.2, 0.25) is 0 Å². The number of nitrogens with one attached hydrogen (secondary N) is 1. The second-order valence-electron chi connectivity index (χ2n) is 3.27. The van der Waals surface area contributed by atoms with Crippen LogP contribution in [0, 0.1) is 10.1 Å². The van der Waals surface area contributed by atoms with E-state index in [2.05, 4.69) is 5.32 Å². The number of aliphatic hydroxyl groups excluding tert-OH is 1. The lowest BCUT2D eigenvalue weighted by atomic mass is 10.3. The number of rotatable bonds is 6. The van der Waals surface area contributed by atoms with Crippen LogP contribution in [0.15, 0.2) is 24.3 Å². The monoisotopic (exact) mass is 226 g/mol. The molecule has 88 valence electrons. The van der Waals surface area contributed by atoms with E-state index in [1.165, 1.54) is 24.3 Å². The number of nitro benzene ring substituents is 1. The van der Waals surface area contributed by atoms with Gasteiger partial charge in [0.15, 0.2) is 0 Å². The third kappa shape index (κ3) is 3.84. The van der Waals surface area contributed by atoms with Crippen LogP contribution in [0.1, 0.15) is 0 Å². The van der Waals surface area contributed by atoms with E-state index >= 15 is 0 Å². The van der Waals surface area contributed by atoms with Crippen molar-refractivity contribution < 1.29 is 14.8 Å². The maximum absolute atomic E-state index is 10.4. The Kier molecular flexibility index (Phi) is 4.68. The SMILES string of the molecule is CNC[C@@H](O)COc1ccc([N+](=O)[O-])cc1. The quantitative estimate of drug-likeness (QED) is 0.546. The van der Waals surface area contributed by atoms with Crippen LogP contribution >= 0.6 is 0 Å². The molecule has 0 heterocycles. The van der Waals surface area contributed by atoms with Crippen LogP contribution in [0.25, 0.3) is 0 Å². The fourth-order valence-electron chi connectivity index (χ4n) is 1.15. The number of ether oxygens (including phenoxy) is 1. The summed E-state index contributed by atoms with van der Waals surface area (Å²) in [6, 6.07) is 5.73. The number of nitrogens with zero attached hydrogens (tertiary/aromatic N) is 1. The molecule has 0 saturated heterocycles. The molecule has 1 aromatic rings. The molecule has 1 aromatic carbocycles. The third-order valence-corrected chi connectivity index (χ3v) is 1.93. The summed E-state index contributed by atoms with van der Waals surface area (Å²) in [5.74, 6) is 0.501. The van der Waals surface area contributed by atoms with Crippen LogP contribution in [0.2, 0.25) is 0 Å². The summed E-state index contributed by atoms with van der Waals surface area (Å²) in [4.78, 5) is 9.91. The summed E-state index contributed by atoms with van der Waals surface area (Å²) in [6.45, 7) is 0.589. The van der Waals surface area contributed by atoms with E-state index in [1.807, 2.05) is 0 Å². The topological polar surface area (TPSA) is 84.6 Å². The first-order valence-electron chi connectivity index (χ1n) is 4.83. The minimum Gasteiger partial charge on any atom is -0.491 e. The fourth-order valence-corrected chi connectivity index (χ4v) is 1.15. The van der Waals surface area contributed by atoms with Gasteiger partial charge < -0.3 is 15.2 Å². The Morgan fingerprint density at radius 2 is 2.12 bits per heavy atom. The number of non-ortho nitro benzene ring substituents is 1. The molecular weight excluding hydrogens is 212 g/mol. The molecule has 6 nitrogen and oxygen atoms in total. The summed E-state index contributed by atoms with van der Waals surface area (Å²) >= 11 is 0. The van der Waals surface area contributed by atoms with E-state index in [0.29, 0.717) is 12.3 Å². The molecule has 0 spiro atoms. The van der Waals surface area contributed by atoms with Gasteiger partial charge in [0.05, 0.1) is 4.92 Å². The van der Waals surface area contributed by atoms with E-state index in [1.54, 1.807) is 7.05 Å². The first-order valence-corrected chi connectivity index (χ1v) is 4.83. The lowest BCUT2D eigenvalue weighted by Gasteiger charge is -2.11. The summed E-state index contributed by atoms with van der Waals surface area (Å²) in [6.07, 6.45) is -0.597. The van der Waals surface area contributed by atoms with Gasteiger partial charge in [-0.3, -0.25) is 10.1 Å². The average molecular weight is 226 g/mol. The molecule has 0 aliphatic rings. The minimum absolute atomic E-state index is 0.0168. The summed E-state index contributed by atoms with van der Waals surface area (Å²) in [5.41, 5.74) is 0.0168. The standard InChI is InChI=1S/C10H14N2O4/c1-11-6-9(13)7-16-10-4-2-8(3-5-10)12(14)15/h2-5,9,11,13H,6-7H2,1H3/t9-/m1/s1. The first-order chi connectivity index (χ1) is 7.63. The molecule has 0 aliphatic heterocycles. The summed E-state index contributed by atoms with van der Waals surface area (Å²) in [5, 5.41) is 22.5. The molecule has 2 N–H and O–H groups in total. The van der Waals surface area contributed by atoms with E-state index in [0.717, 1.165) is 0 Å². The average Bonchev–Trinajstić information content (AvgIpc) is 2.27. The van der Waals surface area contributed by atoms with Crippen LogP contribution in [0.3, 0.4) is 0 Å². The highest BCUT2D eigenvalue weighted by molar-refractivity contribution is 5.35. The maximum Gasteiger partial charge on any atom is 0.269 e. The number of likely N-dealkylation sites (N-methyl/N-ethyl adjacent to an activating group) is 1. The Balaban J connectivity index is 2.46. The van der Waals surface area contributed by atoms with E-state index in [4.69, 9.17) is 4.74 Å². The van der Waals surface area contributed by atoms with Gasteiger partial charge in [-0.15, -0.1) is 0 Å². The van der Waals surface area contributed by atoms with Gasteiger partial charge in [0.1, 0.15) is 18.5 Å². The molecule has 0 radical (unpaired) electrons. The molecule has 0 bridgehead atoms. The Morgan fingerprint density at radius 1 is 1.50 bits per heavy atom. The number of hydrogen-bond donors (Lipinski definition) is 2. The van der Waals surface area contributed by atoms with Crippen molar-refractivity contribution in [2.24, 2.45) is 0 Å². The van der Waals surface area contributed by atoms with Crippen molar-refractivity contribution in [2.45, 2.75) is 6.10 Å². The minimum atomic E-state index is -0.597. The zero-order valence-electron chi connectivity index (χ0n) is 8.92. The van der Waals surface area contributed by atoms with Crippen LogP contribution in [0.4, 0.5) is 5.69 Å². The zero-order valence-corrected chi connectivity index (χ0v) is 8.92. The number of hydrogen-bond acceptors (Lipinski definition) is 5. The van der Waals surface area contributed by atoms with Crippen molar-refractivity contribution in [3.8, 4) is 5.75 Å². The molecule has 1 rings (SSSR count). The van der Waals surface area contributed by atoms with Crippen LogP contribution < -0.4 is 10.1 Å². The van der Waals surface area contributed by atoms with Crippen molar-refractivity contribution in [3.05, 3.63) is 34.4 Å². The fraction of sp³-hybridized carbons (Fsp3) is 0.400. The number of benzene rings is 1. The van der Waals surface area contributed by atoms with Gasteiger partial charge in [0.25, 0.3) is 5.69 Å². The molecule has 1 atom stereocenters. The largest absolute Gasteiger partial charge is 0.491 e. The predicted octanol–water partition coefficient (Wildman–Crippen LogP) is 0.554. The Morgan fingerprint density at radius 3 is 2.62 bits per heavy atom. The Hall–Kier alpha value is -1.66. The Bertz CT molecular complexity index is 339. The third-order valence-electron chi connectivity index (χ3n) is 1.93. The molecule has 0 aromatic heterocycles. The highest BCUT2D eigenvalue weighted by atomic mass is 16.6. The van der Waals surface area contributed by atoms with E-state index in [-0.39, 0.29) is 12.3 Å². The Labute approximate surface area is 93.0 Å². The normalized spacial score (nSPS) is 12.1. The molecule has 16 heavy (non-hydrogen) atoms. The van der Waals surface area contributed by atoms with Gasteiger partial charge >= 0.3 is 0 Å². The molecule has 6 heteroatoms. The smallest absolute Gasteiger partial charge is 0.269 e. The molecule has 0 saturated carbocycles. The summed E-state index contributed by atoms with van der Waals surface area (Å²) in [7, 11) is 1.73. The molecule has 0 aliphatic carbocycles. The van der Waals surface area contributed by atoms with Crippen molar-refractivity contribution in [2.75, 3.05) is 20.2 Å². The zero-order chi connectivity index (χ0) is 12.0. The van der Waals surface area contributed by atoms with Crippen molar-refractivity contribution >= 4 is 5.69 Å². The molecule has 0 amide bonds. The van der Waals surface area contributed by atoms with Crippen molar-refractivity contribution in [3.63, 3.8) is 0 Å². The highest BCUT2D eigenvalue weighted by Crippen LogP contribution is 2.17. The molecular formula is C10H14N2O4. The number of aliphatic hydroxyl groups is 1. The first kappa shape index (κ1) is 12.4. The van der Waals surface area contributed by atoms with Gasteiger partial charge in [-0.25, -0.2) is 0 Å². The second-order valence-corrected chi connectivity index (χ2v) is 3.27. The summed E-state index contributed by atoms with van der Waals surface area (Å²) < 4.78 is 5.24. The molecule has 0 unspecified atom stereocenters. The van der Waals surface area contributed by atoms with Crippen LogP contribution in [0.5, 0.6) is 5.75 Å². The lowest BCUT2D eigenvalue weighted by molar-refractivity contribution is -0.384. The van der Waals surface area contributed by atoms with Crippen molar-refractivity contribution in [1.29, 1.82) is 0 Å². The van der Waals surface area contributed by atoms with Gasteiger partial charge in [-0.2, -0.15) is 0 Å². The highest BCUT2D eigenvalue weighted by Gasteiger charge is 2.06. The van der Waals surface area contributed by atoms with Gasteiger partial charge in [-0.05, 0) is 19.2 Å². The lowest BCUT2D eigenvalue weighted by Crippen LogP contribution is -2.29. The molecule has 0 fully saturated rings. The predicted molar refractivity (Wildman–Crippen MR) is 58.5 cm³/mol. The van der Waals surface area contributed by atoms with Gasteiger partial charge in [0, 0.05) is 18.7 Å². The second kappa shape index (κ2) is 6.04. The van der Waals surface area contributed by atoms with Crippen molar-refractivity contribution in [1.82, 2.24) is 5.32 Å².